The van der Waals surface area contributed by atoms with E-state index >= 15 is 0 Å². The zero-order chi connectivity index (χ0) is 14.8. The minimum atomic E-state index is 0.145. The Bertz CT molecular complexity index is 305. The highest BCUT2D eigenvalue weighted by Gasteiger charge is 2.44. The molecule has 3 nitrogen and oxygen atoms in total. The van der Waals surface area contributed by atoms with Crippen LogP contribution in [0.2, 0.25) is 0 Å². The lowest BCUT2D eigenvalue weighted by atomic mass is 9.77. The van der Waals surface area contributed by atoms with Crippen LogP contribution in [0.3, 0.4) is 0 Å². The van der Waals surface area contributed by atoms with E-state index in [0.29, 0.717) is 6.04 Å². The van der Waals surface area contributed by atoms with Gasteiger partial charge in [0.25, 0.3) is 0 Å². The molecule has 0 aliphatic carbocycles. The summed E-state index contributed by atoms with van der Waals surface area (Å²) in [6.45, 7) is 14.0. The van der Waals surface area contributed by atoms with Gasteiger partial charge in [-0.25, -0.2) is 0 Å². The quantitative estimate of drug-likeness (QED) is 0.781. The lowest BCUT2D eigenvalue weighted by Gasteiger charge is -2.55. The van der Waals surface area contributed by atoms with E-state index in [1.54, 1.807) is 6.92 Å². The zero-order valence-electron chi connectivity index (χ0n) is 13.9. The molecule has 1 saturated heterocycles. The summed E-state index contributed by atoms with van der Waals surface area (Å²) < 4.78 is 0. The summed E-state index contributed by atoms with van der Waals surface area (Å²) in [5.74, 6) is 0.231. The number of hydrogen-bond donors (Lipinski definition) is 0. The molecule has 1 aliphatic rings. The minimum Gasteiger partial charge on any atom is -0.340 e. The highest BCUT2D eigenvalue weighted by molar-refractivity contribution is 5.73. The molecule has 0 unspecified atom stereocenters. The highest BCUT2D eigenvalue weighted by atomic mass is 16.2. The average Bonchev–Trinajstić information content (AvgIpc) is 2.25. The molecular formula is C16H32N2O. The first-order chi connectivity index (χ1) is 8.62. The van der Waals surface area contributed by atoms with Crippen molar-refractivity contribution in [2.45, 2.75) is 84.3 Å². The second kappa shape index (κ2) is 5.82. The molecule has 0 aromatic rings. The van der Waals surface area contributed by atoms with Gasteiger partial charge in [0.2, 0.25) is 5.91 Å². The molecule has 1 fully saturated rings. The topological polar surface area (TPSA) is 23.6 Å². The molecule has 0 atom stereocenters. The molecule has 1 aliphatic heterocycles. The number of piperidine rings is 1. The van der Waals surface area contributed by atoms with E-state index in [2.05, 4.69) is 51.5 Å². The van der Waals surface area contributed by atoms with E-state index in [-0.39, 0.29) is 17.0 Å². The largest absolute Gasteiger partial charge is 0.340 e. The Kier molecular flexibility index (Phi) is 5.05. The van der Waals surface area contributed by atoms with Crippen molar-refractivity contribution < 1.29 is 4.79 Å². The Morgan fingerprint density at radius 2 is 1.68 bits per heavy atom. The van der Waals surface area contributed by atoms with Gasteiger partial charge in [0.05, 0.1) is 0 Å². The van der Waals surface area contributed by atoms with Gasteiger partial charge in [0.15, 0.2) is 0 Å². The molecule has 1 heterocycles. The van der Waals surface area contributed by atoms with Crippen LogP contribution in [0, 0.1) is 0 Å². The Labute approximate surface area is 119 Å². The Balaban J connectivity index is 2.90. The smallest absolute Gasteiger partial charge is 0.219 e. The van der Waals surface area contributed by atoms with E-state index in [4.69, 9.17) is 0 Å². The molecule has 0 spiro atoms. The molecule has 19 heavy (non-hydrogen) atoms. The maximum Gasteiger partial charge on any atom is 0.219 e. The molecule has 0 radical (unpaired) electrons. The fraction of sp³-hybridized carbons (Fsp3) is 0.938. The highest BCUT2D eigenvalue weighted by Crippen LogP contribution is 2.38. The first kappa shape index (κ1) is 16.5. The van der Waals surface area contributed by atoms with Crippen LogP contribution in [0.15, 0.2) is 0 Å². The van der Waals surface area contributed by atoms with E-state index in [9.17, 15) is 4.79 Å². The molecule has 0 bridgehead atoms. The van der Waals surface area contributed by atoms with Crippen molar-refractivity contribution >= 4 is 5.91 Å². The summed E-state index contributed by atoms with van der Waals surface area (Å²) in [5, 5.41) is 0. The van der Waals surface area contributed by atoms with E-state index in [1.165, 1.54) is 0 Å². The van der Waals surface area contributed by atoms with E-state index in [0.717, 1.165) is 32.2 Å². The summed E-state index contributed by atoms with van der Waals surface area (Å²) >= 11 is 0. The van der Waals surface area contributed by atoms with Crippen LogP contribution >= 0.6 is 0 Å². The van der Waals surface area contributed by atoms with Crippen LogP contribution in [0.1, 0.15) is 67.2 Å². The van der Waals surface area contributed by atoms with Gasteiger partial charge in [-0.2, -0.15) is 0 Å². The molecule has 1 rings (SSSR count). The maximum atomic E-state index is 12.0. The summed E-state index contributed by atoms with van der Waals surface area (Å²) in [6.07, 6.45) is 4.38. The van der Waals surface area contributed by atoms with Gasteiger partial charge in [-0.05, 0) is 54.0 Å². The monoisotopic (exact) mass is 268 g/mol. The summed E-state index contributed by atoms with van der Waals surface area (Å²) in [5.41, 5.74) is 0.290. The Morgan fingerprint density at radius 1 is 1.21 bits per heavy atom. The van der Waals surface area contributed by atoms with Crippen molar-refractivity contribution in [3.63, 3.8) is 0 Å². The number of nitrogens with zero attached hydrogens (tertiary/aromatic N) is 2. The molecule has 0 aromatic carbocycles. The number of hydrogen-bond acceptors (Lipinski definition) is 2. The number of rotatable bonds is 4. The van der Waals surface area contributed by atoms with Crippen LogP contribution in [0.4, 0.5) is 0 Å². The van der Waals surface area contributed by atoms with Crippen molar-refractivity contribution in [1.29, 1.82) is 0 Å². The van der Waals surface area contributed by atoms with Gasteiger partial charge in [-0.15, -0.1) is 0 Å². The number of carbonyl (C=O) groups excluding carboxylic acids is 1. The van der Waals surface area contributed by atoms with Crippen LogP contribution in [0.25, 0.3) is 0 Å². The molecule has 0 N–H and O–H groups in total. The molecule has 112 valence electrons. The predicted molar refractivity (Wildman–Crippen MR) is 81.2 cm³/mol. The predicted octanol–water partition coefficient (Wildman–Crippen LogP) is 3.29. The van der Waals surface area contributed by atoms with Gasteiger partial charge in [-0.1, -0.05) is 13.3 Å². The third kappa shape index (κ3) is 3.71. The minimum absolute atomic E-state index is 0.145. The van der Waals surface area contributed by atoms with Crippen molar-refractivity contribution in [2.75, 3.05) is 13.6 Å². The SMILES string of the molecule is CCCCN(C(C)=O)C1CC(C)(C)N(C)C(C)(C)C1. The molecule has 1 amide bonds. The van der Waals surface area contributed by atoms with Gasteiger partial charge in [0, 0.05) is 30.6 Å². The second-order valence-corrected chi connectivity index (χ2v) is 7.31. The van der Waals surface area contributed by atoms with Gasteiger partial charge >= 0.3 is 0 Å². The van der Waals surface area contributed by atoms with Gasteiger partial charge in [-0.3, -0.25) is 9.69 Å². The van der Waals surface area contributed by atoms with Crippen LogP contribution in [-0.4, -0.2) is 46.4 Å². The lowest BCUT2D eigenvalue weighted by Crippen LogP contribution is -2.63. The first-order valence-electron chi connectivity index (χ1n) is 7.63. The van der Waals surface area contributed by atoms with Gasteiger partial charge < -0.3 is 4.90 Å². The number of unbranched alkanes of at least 4 members (excludes halogenated alkanes) is 1. The second-order valence-electron chi connectivity index (χ2n) is 7.31. The summed E-state index contributed by atoms with van der Waals surface area (Å²) in [7, 11) is 2.21. The lowest BCUT2D eigenvalue weighted by molar-refractivity contribution is -0.136. The standard InChI is InChI=1S/C16H32N2O/c1-8-9-10-18(13(2)19)14-11-15(3,4)17(7)16(5,6)12-14/h14H,8-12H2,1-7H3. The van der Waals surface area contributed by atoms with E-state index in [1.807, 2.05) is 0 Å². The number of carbonyl (C=O) groups is 1. The van der Waals surface area contributed by atoms with Crippen molar-refractivity contribution in [3.05, 3.63) is 0 Å². The number of amides is 1. The summed E-state index contributed by atoms with van der Waals surface area (Å²) in [6, 6.07) is 0.380. The average molecular weight is 268 g/mol. The van der Waals surface area contributed by atoms with Crippen LogP contribution in [-0.2, 0) is 4.79 Å². The third-order valence-corrected chi connectivity index (χ3v) is 4.88. The summed E-state index contributed by atoms with van der Waals surface area (Å²) in [4.78, 5) is 16.5. The molecule has 3 heteroatoms. The Hall–Kier alpha value is -0.570. The molecule has 0 aromatic heterocycles. The van der Waals surface area contributed by atoms with Crippen molar-refractivity contribution in [1.82, 2.24) is 9.80 Å². The number of likely N-dealkylation sites (tertiary alicyclic amines) is 1. The van der Waals surface area contributed by atoms with Crippen LogP contribution in [0.5, 0.6) is 0 Å². The third-order valence-electron chi connectivity index (χ3n) is 4.88. The fourth-order valence-corrected chi connectivity index (χ4v) is 3.46. The molecule has 0 saturated carbocycles. The molecular weight excluding hydrogens is 236 g/mol. The van der Waals surface area contributed by atoms with Crippen LogP contribution < -0.4 is 0 Å². The maximum absolute atomic E-state index is 12.0. The Morgan fingerprint density at radius 3 is 2.05 bits per heavy atom. The normalized spacial score (nSPS) is 23.3. The van der Waals surface area contributed by atoms with Gasteiger partial charge in [0.1, 0.15) is 0 Å². The van der Waals surface area contributed by atoms with E-state index < -0.39 is 0 Å². The van der Waals surface area contributed by atoms with Crippen molar-refractivity contribution in [3.8, 4) is 0 Å². The zero-order valence-corrected chi connectivity index (χ0v) is 13.9. The first-order valence-corrected chi connectivity index (χ1v) is 7.63. The fourth-order valence-electron chi connectivity index (χ4n) is 3.46. The van der Waals surface area contributed by atoms with Crippen molar-refractivity contribution in [2.24, 2.45) is 0 Å².